The van der Waals surface area contributed by atoms with Gasteiger partial charge in [0, 0.05) is 32.0 Å². The minimum atomic E-state index is -0.0361. The standard InChI is InChI=1S/C18H23N3O3/c1-11(2)17-19-14-6-7-21(10-13(14)18(23)20-17)9-12-4-5-16(24-3)15(22)8-12/h4-5,8,11,22H,6-7,9-10H2,1-3H3,(H,19,20,23). The van der Waals surface area contributed by atoms with E-state index in [1.807, 2.05) is 19.9 Å². The molecular weight excluding hydrogens is 306 g/mol. The molecule has 1 aliphatic heterocycles. The van der Waals surface area contributed by atoms with Gasteiger partial charge < -0.3 is 14.8 Å². The van der Waals surface area contributed by atoms with Crippen LogP contribution in [0.4, 0.5) is 0 Å². The van der Waals surface area contributed by atoms with E-state index in [0.29, 0.717) is 18.8 Å². The minimum absolute atomic E-state index is 0.0361. The number of benzene rings is 1. The van der Waals surface area contributed by atoms with Crippen LogP contribution in [-0.2, 0) is 19.5 Å². The van der Waals surface area contributed by atoms with Gasteiger partial charge >= 0.3 is 0 Å². The molecule has 0 radical (unpaired) electrons. The molecule has 24 heavy (non-hydrogen) atoms. The molecule has 0 amide bonds. The Labute approximate surface area is 141 Å². The molecule has 1 aromatic heterocycles. The first-order chi connectivity index (χ1) is 11.5. The highest BCUT2D eigenvalue weighted by atomic mass is 16.5. The van der Waals surface area contributed by atoms with Gasteiger partial charge in [0.05, 0.1) is 18.4 Å². The monoisotopic (exact) mass is 329 g/mol. The molecule has 0 unspecified atom stereocenters. The molecule has 6 heteroatoms. The molecule has 0 saturated carbocycles. The molecule has 3 rings (SSSR count). The van der Waals surface area contributed by atoms with Crippen molar-refractivity contribution in [2.45, 2.75) is 39.3 Å². The van der Waals surface area contributed by atoms with Gasteiger partial charge in [0.15, 0.2) is 11.5 Å². The van der Waals surface area contributed by atoms with E-state index < -0.39 is 0 Å². The maximum absolute atomic E-state index is 12.3. The van der Waals surface area contributed by atoms with E-state index >= 15 is 0 Å². The lowest BCUT2D eigenvalue weighted by Crippen LogP contribution is -2.35. The van der Waals surface area contributed by atoms with Crippen LogP contribution in [0.3, 0.4) is 0 Å². The van der Waals surface area contributed by atoms with Crippen molar-refractivity contribution in [3.63, 3.8) is 0 Å². The maximum atomic E-state index is 12.3. The predicted octanol–water partition coefficient (Wildman–Crippen LogP) is 2.17. The lowest BCUT2D eigenvalue weighted by Gasteiger charge is -2.28. The number of ether oxygens (including phenoxy) is 1. The molecule has 0 spiro atoms. The van der Waals surface area contributed by atoms with Crippen molar-refractivity contribution in [3.05, 3.63) is 51.2 Å². The Kier molecular flexibility index (Phi) is 4.57. The van der Waals surface area contributed by atoms with Gasteiger partial charge in [-0.1, -0.05) is 19.9 Å². The van der Waals surface area contributed by atoms with Crippen molar-refractivity contribution in [1.82, 2.24) is 14.9 Å². The number of aromatic amines is 1. The van der Waals surface area contributed by atoms with Crippen molar-refractivity contribution in [1.29, 1.82) is 0 Å². The zero-order chi connectivity index (χ0) is 17.3. The summed E-state index contributed by atoms with van der Waals surface area (Å²) in [6.45, 7) is 6.13. The lowest BCUT2D eigenvalue weighted by atomic mass is 10.0. The van der Waals surface area contributed by atoms with E-state index in [0.717, 1.165) is 35.6 Å². The molecule has 0 saturated heterocycles. The molecule has 6 nitrogen and oxygen atoms in total. The predicted molar refractivity (Wildman–Crippen MR) is 91.4 cm³/mol. The Morgan fingerprint density at radius 1 is 1.42 bits per heavy atom. The summed E-state index contributed by atoms with van der Waals surface area (Å²) >= 11 is 0. The van der Waals surface area contributed by atoms with E-state index in [1.54, 1.807) is 12.1 Å². The van der Waals surface area contributed by atoms with E-state index in [2.05, 4.69) is 14.9 Å². The molecule has 0 fully saturated rings. The van der Waals surface area contributed by atoms with Gasteiger partial charge in [-0.15, -0.1) is 0 Å². The van der Waals surface area contributed by atoms with Gasteiger partial charge in [0.1, 0.15) is 5.82 Å². The molecular formula is C18H23N3O3. The summed E-state index contributed by atoms with van der Waals surface area (Å²) in [5.74, 6) is 1.56. The number of aromatic hydroxyl groups is 1. The SMILES string of the molecule is COc1ccc(CN2CCc3nc(C(C)C)[nH]c(=O)c3C2)cc1O. The van der Waals surface area contributed by atoms with Crippen LogP contribution in [0.15, 0.2) is 23.0 Å². The summed E-state index contributed by atoms with van der Waals surface area (Å²) in [4.78, 5) is 22.0. The second kappa shape index (κ2) is 6.65. The number of nitrogens with one attached hydrogen (secondary N) is 1. The average Bonchev–Trinajstić information content (AvgIpc) is 2.55. The highest BCUT2D eigenvalue weighted by molar-refractivity contribution is 5.41. The number of H-pyrrole nitrogens is 1. The molecule has 2 heterocycles. The maximum Gasteiger partial charge on any atom is 0.255 e. The van der Waals surface area contributed by atoms with Crippen LogP contribution in [0, 0.1) is 0 Å². The first kappa shape index (κ1) is 16.5. The number of nitrogens with zero attached hydrogens (tertiary/aromatic N) is 2. The molecule has 0 atom stereocenters. The molecule has 0 aliphatic carbocycles. The summed E-state index contributed by atoms with van der Waals surface area (Å²) in [5.41, 5.74) is 2.62. The Morgan fingerprint density at radius 3 is 2.88 bits per heavy atom. The van der Waals surface area contributed by atoms with Crippen molar-refractivity contribution in [2.75, 3.05) is 13.7 Å². The fourth-order valence-electron chi connectivity index (χ4n) is 3.00. The highest BCUT2D eigenvalue weighted by Gasteiger charge is 2.22. The summed E-state index contributed by atoms with van der Waals surface area (Å²) in [6, 6.07) is 5.39. The van der Waals surface area contributed by atoms with Crippen LogP contribution in [-0.4, -0.2) is 33.6 Å². The van der Waals surface area contributed by atoms with Crippen molar-refractivity contribution in [3.8, 4) is 11.5 Å². The van der Waals surface area contributed by atoms with Crippen LogP contribution in [0.1, 0.15) is 42.4 Å². The van der Waals surface area contributed by atoms with Crippen molar-refractivity contribution < 1.29 is 9.84 Å². The average molecular weight is 329 g/mol. The second-order valence-electron chi connectivity index (χ2n) is 6.50. The van der Waals surface area contributed by atoms with Gasteiger partial charge in [-0.2, -0.15) is 0 Å². The first-order valence-electron chi connectivity index (χ1n) is 8.18. The normalized spacial score (nSPS) is 14.7. The van der Waals surface area contributed by atoms with E-state index in [4.69, 9.17) is 4.74 Å². The number of phenolic OH excluding ortho intramolecular Hbond substituents is 1. The molecule has 128 valence electrons. The summed E-state index contributed by atoms with van der Waals surface area (Å²) in [5, 5.41) is 9.90. The smallest absolute Gasteiger partial charge is 0.255 e. The molecule has 2 N–H and O–H groups in total. The Bertz CT molecular complexity index is 799. The lowest BCUT2D eigenvalue weighted by molar-refractivity contribution is 0.241. The third-order valence-corrected chi connectivity index (χ3v) is 4.36. The Balaban J connectivity index is 1.78. The number of fused-ring (bicyclic) bond motifs is 1. The van der Waals surface area contributed by atoms with Gasteiger partial charge in [-0.25, -0.2) is 4.98 Å². The largest absolute Gasteiger partial charge is 0.504 e. The molecule has 2 aromatic rings. The number of methoxy groups -OCH3 is 1. The van der Waals surface area contributed by atoms with E-state index in [9.17, 15) is 9.90 Å². The topological polar surface area (TPSA) is 78.5 Å². The quantitative estimate of drug-likeness (QED) is 0.899. The number of hydrogen-bond acceptors (Lipinski definition) is 5. The Hall–Kier alpha value is -2.34. The molecule has 0 bridgehead atoms. The number of aromatic nitrogens is 2. The Morgan fingerprint density at radius 2 is 2.21 bits per heavy atom. The fraction of sp³-hybridized carbons (Fsp3) is 0.444. The minimum Gasteiger partial charge on any atom is -0.504 e. The highest BCUT2D eigenvalue weighted by Crippen LogP contribution is 2.27. The molecule has 1 aliphatic rings. The second-order valence-corrected chi connectivity index (χ2v) is 6.50. The number of phenols is 1. The summed E-state index contributed by atoms with van der Waals surface area (Å²) in [7, 11) is 1.53. The van der Waals surface area contributed by atoms with E-state index in [1.165, 1.54) is 7.11 Å². The third kappa shape index (κ3) is 3.28. The number of hydrogen-bond donors (Lipinski definition) is 2. The van der Waals surface area contributed by atoms with Crippen LogP contribution in [0.25, 0.3) is 0 Å². The summed E-state index contributed by atoms with van der Waals surface area (Å²) in [6.07, 6.45) is 0.765. The zero-order valence-electron chi connectivity index (χ0n) is 14.3. The van der Waals surface area contributed by atoms with Crippen LogP contribution in [0.2, 0.25) is 0 Å². The van der Waals surface area contributed by atoms with E-state index in [-0.39, 0.29) is 17.2 Å². The van der Waals surface area contributed by atoms with Crippen LogP contribution < -0.4 is 10.3 Å². The van der Waals surface area contributed by atoms with Gasteiger partial charge in [-0.3, -0.25) is 9.69 Å². The fourth-order valence-corrected chi connectivity index (χ4v) is 3.00. The van der Waals surface area contributed by atoms with Crippen LogP contribution in [0.5, 0.6) is 11.5 Å². The first-order valence-corrected chi connectivity index (χ1v) is 8.18. The molecule has 1 aromatic carbocycles. The number of rotatable bonds is 4. The van der Waals surface area contributed by atoms with Gasteiger partial charge in [0.2, 0.25) is 0 Å². The van der Waals surface area contributed by atoms with Gasteiger partial charge in [0.25, 0.3) is 5.56 Å². The van der Waals surface area contributed by atoms with Gasteiger partial charge in [-0.05, 0) is 17.7 Å². The third-order valence-electron chi connectivity index (χ3n) is 4.36. The van der Waals surface area contributed by atoms with Crippen molar-refractivity contribution >= 4 is 0 Å². The zero-order valence-corrected chi connectivity index (χ0v) is 14.3. The van der Waals surface area contributed by atoms with Crippen LogP contribution >= 0.6 is 0 Å². The summed E-state index contributed by atoms with van der Waals surface area (Å²) < 4.78 is 5.07. The van der Waals surface area contributed by atoms with Crippen molar-refractivity contribution in [2.24, 2.45) is 0 Å².